The van der Waals surface area contributed by atoms with E-state index in [0.717, 1.165) is 0 Å². The maximum atomic E-state index is 11.6. The molecule has 116 valence electrons. The Balaban J connectivity index is 3.89. The third-order valence-corrected chi connectivity index (χ3v) is 2.44. The highest BCUT2D eigenvalue weighted by Gasteiger charge is 2.22. The predicted octanol–water partition coefficient (Wildman–Crippen LogP) is 1.13. The molecule has 1 unspecified atom stereocenters. The second kappa shape index (κ2) is 9.17. The van der Waals surface area contributed by atoms with Crippen molar-refractivity contribution in [3.05, 3.63) is 0 Å². The van der Waals surface area contributed by atoms with E-state index in [2.05, 4.69) is 10.6 Å². The molecule has 20 heavy (non-hydrogen) atoms. The fourth-order valence-corrected chi connectivity index (χ4v) is 1.45. The fourth-order valence-electron chi connectivity index (χ4n) is 1.45. The molecule has 0 aliphatic heterocycles. The summed E-state index contributed by atoms with van der Waals surface area (Å²) in [5.74, 6) is -1.58. The summed E-state index contributed by atoms with van der Waals surface area (Å²) < 4.78 is 4.86. The predicted molar refractivity (Wildman–Crippen MR) is 73.3 cm³/mol. The quantitative estimate of drug-likeness (QED) is 0.581. The smallest absolute Gasteiger partial charge is 0.407 e. The first-order valence-electron chi connectivity index (χ1n) is 6.70. The molecule has 7 nitrogen and oxygen atoms in total. The zero-order valence-corrected chi connectivity index (χ0v) is 12.4. The molecule has 3 N–H and O–H groups in total. The van der Waals surface area contributed by atoms with Crippen molar-refractivity contribution in [3.63, 3.8) is 0 Å². The van der Waals surface area contributed by atoms with Gasteiger partial charge >= 0.3 is 12.1 Å². The summed E-state index contributed by atoms with van der Waals surface area (Å²) in [6, 6.07) is -0.888. The van der Waals surface area contributed by atoms with Gasteiger partial charge in [0.1, 0.15) is 6.04 Å². The monoisotopic (exact) mass is 288 g/mol. The number of ether oxygens (including phenoxy) is 1. The maximum Gasteiger partial charge on any atom is 0.407 e. The highest BCUT2D eigenvalue weighted by molar-refractivity contribution is 5.83. The number of alkyl carbamates (subject to hydrolysis) is 1. The van der Waals surface area contributed by atoms with Gasteiger partial charge in [0.05, 0.1) is 6.10 Å². The van der Waals surface area contributed by atoms with Gasteiger partial charge in [-0.2, -0.15) is 0 Å². The van der Waals surface area contributed by atoms with Crippen LogP contribution in [0.4, 0.5) is 4.79 Å². The molecule has 0 bridgehead atoms. The minimum Gasteiger partial charge on any atom is -0.480 e. The number of aliphatic carboxylic acids is 1. The largest absolute Gasteiger partial charge is 0.480 e. The molecule has 0 aromatic heterocycles. The number of carbonyl (C=O) groups is 3. The topological polar surface area (TPSA) is 105 Å². The lowest BCUT2D eigenvalue weighted by atomic mass is 10.0. The van der Waals surface area contributed by atoms with Crippen LogP contribution in [0.2, 0.25) is 0 Å². The summed E-state index contributed by atoms with van der Waals surface area (Å²) in [6.45, 7) is 7.24. The van der Waals surface area contributed by atoms with Gasteiger partial charge in [-0.05, 0) is 26.2 Å². The molecule has 0 saturated carbocycles. The third kappa shape index (κ3) is 8.34. The minimum atomic E-state index is -1.05. The van der Waals surface area contributed by atoms with Crippen LogP contribution in [0.25, 0.3) is 0 Å². The standard InChI is InChI=1S/C13H24N2O5/c1-8(2)11(12(17)18)15-10(16)6-5-7-14-13(19)20-9(3)4/h8-9,11H,5-7H2,1-4H3,(H,14,19)(H,15,16)(H,17,18). The summed E-state index contributed by atoms with van der Waals surface area (Å²) in [5, 5.41) is 13.9. The van der Waals surface area contributed by atoms with Crippen molar-refractivity contribution >= 4 is 18.0 Å². The number of carboxylic acid groups (broad SMARTS) is 1. The van der Waals surface area contributed by atoms with Crippen molar-refractivity contribution < 1.29 is 24.2 Å². The molecule has 0 aliphatic carbocycles. The Hall–Kier alpha value is -1.79. The molecule has 0 rings (SSSR count). The van der Waals surface area contributed by atoms with E-state index in [0.29, 0.717) is 13.0 Å². The lowest BCUT2D eigenvalue weighted by molar-refractivity contribution is -0.143. The van der Waals surface area contributed by atoms with E-state index in [1.807, 2.05) is 0 Å². The van der Waals surface area contributed by atoms with Crippen molar-refractivity contribution in [1.82, 2.24) is 10.6 Å². The van der Waals surface area contributed by atoms with E-state index in [4.69, 9.17) is 9.84 Å². The van der Waals surface area contributed by atoms with Crippen LogP contribution in [0.3, 0.4) is 0 Å². The van der Waals surface area contributed by atoms with Gasteiger partial charge in [-0.1, -0.05) is 13.8 Å². The van der Waals surface area contributed by atoms with Gasteiger partial charge in [0.15, 0.2) is 0 Å². The number of carbonyl (C=O) groups excluding carboxylic acids is 2. The minimum absolute atomic E-state index is 0.151. The fraction of sp³-hybridized carbons (Fsp3) is 0.769. The van der Waals surface area contributed by atoms with Crippen LogP contribution >= 0.6 is 0 Å². The Labute approximate surface area is 119 Å². The normalized spacial score (nSPS) is 12.1. The van der Waals surface area contributed by atoms with Gasteiger partial charge in [0.25, 0.3) is 0 Å². The molecular formula is C13H24N2O5. The van der Waals surface area contributed by atoms with Crippen molar-refractivity contribution in [2.75, 3.05) is 6.54 Å². The lowest BCUT2D eigenvalue weighted by Gasteiger charge is -2.17. The first-order chi connectivity index (χ1) is 9.23. The maximum absolute atomic E-state index is 11.6. The Kier molecular flexibility index (Phi) is 8.35. The molecule has 0 fully saturated rings. The molecule has 0 aliphatic rings. The van der Waals surface area contributed by atoms with Crippen molar-refractivity contribution in [3.8, 4) is 0 Å². The summed E-state index contributed by atoms with van der Waals surface area (Å²) in [4.78, 5) is 33.6. The van der Waals surface area contributed by atoms with Crippen molar-refractivity contribution in [2.24, 2.45) is 5.92 Å². The zero-order chi connectivity index (χ0) is 15.7. The Bertz CT molecular complexity index is 342. The average Bonchev–Trinajstić information content (AvgIpc) is 2.30. The molecule has 7 heteroatoms. The zero-order valence-electron chi connectivity index (χ0n) is 12.4. The van der Waals surface area contributed by atoms with E-state index < -0.39 is 18.1 Å². The molecule has 1 atom stereocenters. The van der Waals surface area contributed by atoms with Crippen LogP contribution in [0.15, 0.2) is 0 Å². The van der Waals surface area contributed by atoms with Crippen LogP contribution in [0.1, 0.15) is 40.5 Å². The van der Waals surface area contributed by atoms with Gasteiger partial charge in [-0.15, -0.1) is 0 Å². The van der Waals surface area contributed by atoms with Gasteiger partial charge in [0, 0.05) is 13.0 Å². The summed E-state index contributed by atoms with van der Waals surface area (Å²) in [5.41, 5.74) is 0. The van der Waals surface area contributed by atoms with Gasteiger partial charge in [-0.3, -0.25) is 4.79 Å². The van der Waals surface area contributed by atoms with E-state index in [1.54, 1.807) is 27.7 Å². The highest BCUT2D eigenvalue weighted by atomic mass is 16.6. The second-order valence-corrected chi connectivity index (χ2v) is 5.11. The molecule has 0 spiro atoms. The van der Waals surface area contributed by atoms with E-state index >= 15 is 0 Å². The number of amides is 2. The number of rotatable bonds is 8. The van der Waals surface area contributed by atoms with Crippen LogP contribution in [0.5, 0.6) is 0 Å². The Morgan fingerprint density at radius 3 is 2.20 bits per heavy atom. The molecule has 2 amide bonds. The van der Waals surface area contributed by atoms with Crippen LogP contribution < -0.4 is 10.6 Å². The Morgan fingerprint density at radius 2 is 1.75 bits per heavy atom. The van der Waals surface area contributed by atoms with Crippen LogP contribution in [-0.2, 0) is 14.3 Å². The molecule has 0 aromatic rings. The molecule has 0 aromatic carbocycles. The summed E-state index contributed by atoms with van der Waals surface area (Å²) in [7, 11) is 0. The molecular weight excluding hydrogens is 264 g/mol. The van der Waals surface area contributed by atoms with Crippen LogP contribution in [0, 0.1) is 5.92 Å². The average molecular weight is 288 g/mol. The van der Waals surface area contributed by atoms with Gasteiger partial charge in [-0.25, -0.2) is 9.59 Å². The molecule has 0 radical (unpaired) electrons. The first kappa shape index (κ1) is 18.2. The van der Waals surface area contributed by atoms with Crippen LogP contribution in [-0.4, -0.2) is 41.8 Å². The van der Waals surface area contributed by atoms with E-state index in [-0.39, 0.29) is 24.3 Å². The number of hydrogen-bond acceptors (Lipinski definition) is 4. The summed E-state index contributed by atoms with van der Waals surface area (Å²) in [6.07, 6.45) is -0.145. The van der Waals surface area contributed by atoms with E-state index in [9.17, 15) is 14.4 Å². The molecule has 0 saturated heterocycles. The third-order valence-electron chi connectivity index (χ3n) is 2.44. The van der Waals surface area contributed by atoms with E-state index in [1.165, 1.54) is 0 Å². The highest BCUT2D eigenvalue weighted by Crippen LogP contribution is 2.02. The first-order valence-corrected chi connectivity index (χ1v) is 6.70. The SMILES string of the molecule is CC(C)OC(=O)NCCCC(=O)NC(C(=O)O)C(C)C. The lowest BCUT2D eigenvalue weighted by Crippen LogP contribution is -2.44. The number of nitrogens with one attached hydrogen (secondary N) is 2. The van der Waals surface area contributed by atoms with Crippen molar-refractivity contribution in [1.29, 1.82) is 0 Å². The summed E-state index contributed by atoms with van der Waals surface area (Å²) >= 11 is 0. The number of hydrogen-bond donors (Lipinski definition) is 3. The Morgan fingerprint density at radius 1 is 1.15 bits per heavy atom. The van der Waals surface area contributed by atoms with Gasteiger partial charge in [0.2, 0.25) is 5.91 Å². The number of carboxylic acids is 1. The molecule has 0 heterocycles. The van der Waals surface area contributed by atoms with Crippen molar-refractivity contribution in [2.45, 2.75) is 52.7 Å². The second-order valence-electron chi connectivity index (χ2n) is 5.11. The van der Waals surface area contributed by atoms with Gasteiger partial charge < -0.3 is 20.5 Å².